The lowest BCUT2D eigenvalue weighted by molar-refractivity contribution is -0.122. The van der Waals surface area contributed by atoms with E-state index >= 15 is 0 Å². The monoisotopic (exact) mass is 406 g/mol. The molecule has 5 nitrogen and oxygen atoms in total. The number of hydrogen-bond acceptors (Lipinski definition) is 3. The fraction of sp³-hybridized carbons (Fsp3) is 0.682. The van der Waals surface area contributed by atoms with Gasteiger partial charge >= 0.3 is 0 Å². The minimum Gasteiger partial charge on any atom is -0.352 e. The molecule has 2 fully saturated rings. The van der Waals surface area contributed by atoms with Crippen LogP contribution in [0.1, 0.15) is 76.2 Å². The van der Waals surface area contributed by atoms with Crippen molar-refractivity contribution in [3.63, 3.8) is 0 Å². The molecule has 1 amide bonds. The third-order valence-electron chi connectivity index (χ3n) is 6.13. The van der Waals surface area contributed by atoms with E-state index in [-0.39, 0.29) is 29.4 Å². The molecule has 0 spiro atoms. The van der Waals surface area contributed by atoms with Crippen LogP contribution in [0.5, 0.6) is 0 Å². The van der Waals surface area contributed by atoms with E-state index in [2.05, 4.69) is 5.32 Å². The fourth-order valence-electron chi connectivity index (χ4n) is 4.46. The van der Waals surface area contributed by atoms with Gasteiger partial charge in [-0.05, 0) is 44.7 Å². The van der Waals surface area contributed by atoms with Gasteiger partial charge in [0.1, 0.15) is 0 Å². The Hall–Kier alpha value is -1.40. The maximum Gasteiger partial charge on any atom is 0.243 e. The fourth-order valence-corrected chi connectivity index (χ4v) is 6.10. The van der Waals surface area contributed by atoms with Gasteiger partial charge in [0.05, 0.1) is 11.4 Å². The molecule has 2 aliphatic carbocycles. The quantitative estimate of drug-likeness (QED) is 0.722. The zero-order valence-corrected chi connectivity index (χ0v) is 17.8. The Bertz CT molecular complexity index is 732. The number of hydrogen-bond donors (Lipinski definition) is 1. The largest absolute Gasteiger partial charge is 0.352 e. The number of nitrogens with one attached hydrogen (secondary N) is 1. The SMILES string of the molecule is Cc1ccc(S(=O)(=O)N(CC(=O)NC2CCCCCC2)C2CCCCC2)cc1. The van der Waals surface area contributed by atoms with E-state index in [1.165, 1.54) is 17.1 Å². The second-order valence-corrected chi connectivity index (χ2v) is 10.3. The Morgan fingerprint density at radius 1 is 0.929 bits per heavy atom. The molecule has 2 aliphatic rings. The molecular weight excluding hydrogens is 372 g/mol. The highest BCUT2D eigenvalue weighted by Crippen LogP contribution is 2.28. The van der Waals surface area contributed by atoms with Crippen molar-refractivity contribution in [3.05, 3.63) is 29.8 Å². The topological polar surface area (TPSA) is 66.5 Å². The number of rotatable bonds is 6. The number of sulfonamides is 1. The average molecular weight is 407 g/mol. The molecule has 0 heterocycles. The minimum atomic E-state index is -3.69. The molecule has 0 unspecified atom stereocenters. The number of aryl methyl sites for hydroxylation is 1. The third-order valence-corrected chi connectivity index (χ3v) is 8.04. The molecule has 1 N–H and O–H groups in total. The highest BCUT2D eigenvalue weighted by Gasteiger charge is 2.34. The maximum absolute atomic E-state index is 13.4. The number of carbonyl (C=O) groups is 1. The van der Waals surface area contributed by atoms with Gasteiger partial charge in [0, 0.05) is 12.1 Å². The van der Waals surface area contributed by atoms with E-state index in [4.69, 9.17) is 0 Å². The lowest BCUT2D eigenvalue weighted by Crippen LogP contribution is -2.48. The highest BCUT2D eigenvalue weighted by atomic mass is 32.2. The molecule has 0 radical (unpaired) electrons. The summed E-state index contributed by atoms with van der Waals surface area (Å²) in [4.78, 5) is 13.1. The van der Waals surface area contributed by atoms with Gasteiger partial charge < -0.3 is 5.32 Å². The maximum atomic E-state index is 13.4. The van der Waals surface area contributed by atoms with Crippen LogP contribution in [-0.2, 0) is 14.8 Å². The molecule has 6 heteroatoms. The van der Waals surface area contributed by atoms with Crippen molar-refractivity contribution in [1.29, 1.82) is 0 Å². The Kier molecular flexibility index (Phi) is 7.52. The van der Waals surface area contributed by atoms with Crippen LogP contribution in [0.2, 0.25) is 0 Å². The third kappa shape index (κ3) is 5.57. The number of benzene rings is 1. The van der Waals surface area contributed by atoms with E-state index in [0.29, 0.717) is 0 Å². The van der Waals surface area contributed by atoms with Crippen LogP contribution in [-0.4, -0.2) is 37.3 Å². The van der Waals surface area contributed by atoms with Gasteiger partial charge in [0.15, 0.2) is 0 Å². The van der Waals surface area contributed by atoms with Crippen molar-refractivity contribution in [1.82, 2.24) is 9.62 Å². The summed E-state index contributed by atoms with van der Waals surface area (Å²) in [5.41, 5.74) is 1.02. The summed E-state index contributed by atoms with van der Waals surface area (Å²) in [6.07, 6.45) is 11.6. The molecular formula is C22H34N2O3S. The molecule has 2 saturated carbocycles. The summed E-state index contributed by atoms with van der Waals surface area (Å²) in [6.45, 7) is 1.87. The molecule has 156 valence electrons. The van der Waals surface area contributed by atoms with Crippen molar-refractivity contribution in [2.45, 2.75) is 94.5 Å². The predicted octanol–water partition coefficient (Wildman–Crippen LogP) is 4.16. The van der Waals surface area contributed by atoms with E-state index in [1.54, 1.807) is 12.1 Å². The van der Waals surface area contributed by atoms with E-state index in [0.717, 1.165) is 63.4 Å². The van der Waals surface area contributed by atoms with Crippen molar-refractivity contribution in [3.8, 4) is 0 Å². The summed E-state index contributed by atoms with van der Waals surface area (Å²) in [5.74, 6) is -0.159. The molecule has 3 rings (SSSR count). The first-order valence-corrected chi connectivity index (χ1v) is 12.3. The Morgan fingerprint density at radius 3 is 2.07 bits per heavy atom. The van der Waals surface area contributed by atoms with E-state index in [9.17, 15) is 13.2 Å². The molecule has 1 aromatic carbocycles. The van der Waals surface area contributed by atoms with Gasteiger partial charge in [-0.2, -0.15) is 4.31 Å². The summed E-state index contributed by atoms with van der Waals surface area (Å²) in [7, 11) is -3.69. The van der Waals surface area contributed by atoms with Crippen LogP contribution >= 0.6 is 0 Å². The van der Waals surface area contributed by atoms with Crippen molar-refractivity contribution < 1.29 is 13.2 Å². The normalized spacial score (nSPS) is 20.1. The predicted molar refractivity (Wildman–Crippen MR) is 112 cm³/mol. The van der Waals surface area contributed by atoms with Crippen LogP contribution in [0.4, 0.5) is 0 Å². The molecule has 0 aliphatic heterocycles. The lowest BCUT2D eigenvalue weighted by atomic mass is 9.95. The second kappa shape index (κ2) is 9.88. The van der Waals surface area contributed by atoms with Crippen LogP contribution < -0.4 is 5.32 Å². The standard InChI is InChI=1S/C22H34N2O3S/c1-18-13-15-21(16-14-18)28(26,27)24(20-11-7-4-8-12-20)17-22(25)23-19-9-5-2-3-6-10-19/h13-16,19-20H,2-12,17H2,1H3,(H,23,25). The minimum absolute atomic E-state index is 0.0720. The summed E-state index contributed by atoms with van der Waals surface area (Å²) in [6, 6.07) is 7.05. The summed E-state index contributed by atoms with van der Waals surface area (Å²) in [5, 5.41) is 3.12. The Balaban J connectivity index is 1.76. The van der Waals surface area contributed by atoms with E-state index < -0.39 is 10.0 Å². The Labute approximate surface area is 169 Å². The first-order valence-electron chi connectivity index (χ1n) is 10.8. The smallest absolute Gasteiger partial charge is 0.243 e. The van der Waals surface area contributed by atoms with Crippen molar-refractivity contribution >= 4 is 15.9 Å². The van der Waals surface area contributed by atoms with Gasteiger partial charge in [0.2, 0.25) is 15.9 Å². The first-order chi connectivity index (χ1) is 13.5. The van der Waals surface area contributed by atoms with Gasteiger partial charge in [-0.1, -0.05) is 62.6 Å². The number of carbonyl (C=O) groups excluding carboxylic acids is 1. The molecule has 0 bridgehead atoms. The van der Waals surface area contributed by atoms with Gasteiger partial charge in [-0.3, -0.25) is 4.79 Å². The Morgan fingerprint density at radius 2 is 1.46 bits per heavy atom. The first kappa shape index (κ1) is 21.3. The van der Waals surface area contributed by atoms with Gasteiger partial charge in [-0.25, -0.2) is 8.42 Å². The highest BCUT2D eigenvalue weighted by molar-refractivity contribution is 7.89. The molecule has 0 atom stereocenters. The molecule has 28 heavy (non-hydrogen) atoms. The molecule has 1 aromatic rings. The zero-order valence-electron chi connectivity index (χ0n) is 17.0. The van der Waals surface area contributed by atoms with Crippen LogP contribution in [0.15, 0.2) is 29.2 Å². The molecule has 0 saturated heterocycles. The van der Waals surface area contributed by atoms with Crippen LogP contribution in [0.3, 0.4) is 0 Å². The second-order valence-electron chi connectivity index (χ2n) is 8.41. The number of nitrogens with zero attached hydrogens (tertiary/aromatic N) is 1. The molecule has 0 aromatic heterocycles. The lowest BCUT2D eigenvalue weighted by Gasteiger charge is -2.33. The van der Waals surface area contributed by atoms with Gasteiger partial charge in [0.25, 0.3) is 0 Å². The summed E-state index contributed by atoms with van der Waals surface area (Å²) < 4.78 is 28.2. The van der Waals surface area contributed by atoms with Crippen LogP contribution in [0, 0.1) is 6.92 Å². The summed E-state index contributed by atoms with van der Waals surface area (Å²) >= 11 is 0. The van der Waals surface area contributed by atoms with Crippen LogP contribution in [0.25, 0.3) is 0 Å². The van der Waals surface area contributed by atoms with Gasteiger partial charge in [-0.15, -0.1) is 0 Å². The average Bonchev–Trinajstić information content (AvgIpc) is 2.95. The van der Waals surface area contributed by atoms with E-state index in [1.807, 2.05) is 19.1 Å². The number of amides is 1. The van der Waals surface area contributed by atoms with Crippen molar-refractivity contribution in [2.24, 2.45) is 0 Å². The van der Waals surface area contributed by atoms with Crippen molar-refractivity contribution in [2.75, 3.05) is 6.54 Å². The zero-order chi connectivity index (χ0) is 20.0.